The zero-order valence-electron chi connectivity index (χ0n) is 13.0. The van der Waals surface area contributed by atoms with E-state index in [-0.39, 0.29) is 6.04 Å². The van der Waals surface area contributed by atoms with Gasteiger partial charge in [-0.3, -0.25) is 9.69 Å². The molecule has 3 rings (SSSR count). The largest absolute Gasteiger partial charge is 0.298 e. The number of benzene rings is 1. The van der Waals surface area contributed by atoms with Crippen LogP contribution in [0.4, 0.5) is 0 Å². The van der Waals surface area contributed by atoms with Crippen molar-refractivity contribution in [3.05, 3.63) is 35.9 Å². The second kappa shape index (κ2) is 7.22. The number of piperidine rings is 1. The number of likely N-dealkylation sites (tertiary alicyclic amines) is 1. The average molecular weight is 285 g/mol. The molecule has 1 heterocycles. The molecule has 2 heteroatoms. The van der Waals surface area contributed by atoms with Gasteiger partial charge in [0.05, 0.1) is 6.04 Å². The quantitative estimate of drug-likeness (QED) is 0.786. The molecule has 1 unspecified atom stereocenters. The van der Waals surface area contributed by atoms with Crippen molar-refractivity contribution in [1.29, 1.82) is 0 Å². The number of carbonyl (C=O) groups is 1. The van der Waals surface area contributed by atoms with Crippen LogP contribution in [0.5, 0.6) is 0 Å². The van der Waals surface area contributed by atoms with Crippen LogP contribution < -0.4 is 0 Å². The first-order chi connectivity index (χ1) is 10.3. The highest BCUT2D eigenvalue weighted by molar-refractivity contribution is 5.84. The minimum atomic E-state index is 0.241. The van der Waals surface area contributed by atoms with E-state index in [9.17, 15) is 4.79 Å². The van der Waals surface area contributed by atoms with Crippen LogP contribution in [0.1, 0.15) is 50.5 Å². The van der Waals surface area contributed by atoms with Crippen LogP contribution >= 0.6 is 0 Å². The molecule has 2 nitrogen and oxygen atoms in total. The molecule has 1 aliphatic carbocycles. The first-order valence-corrected chi connectivity index (χ1v) is 8.63. The van der Waals surface area contributed by atoms with Gasteiger partial charge in [-0.2, -0.15) is 0 Å². The Kier molecular flexibility index (Phi) is 5.08. The van der Waals surface area contributed by atoms with Crippen LogP contribution in [-0.4, -0.2) is 29.8 Å². The summed E-state index contributed by atoms with van der Waals surface area (Å²) in [6, 6.07) is 11.1. The highest BCUT2D eigenvalue weighted by Crippen LogP contribution is 2.26. The predicted molar refractivity (Wildman–Crippen MR) is 86.3 cm³/mol. The molecule has 0 amide bonds. The minimum absolute atomic E-state index is 0.241. The Morgan fingerprint density at radius 2 is 1.71 bits per heavy atom. The lowest BCUT2D eigenvalue weighted by Gasteiger charge is -2.36. The number of carbonyl (C=O) groups excluding carboxylic acids is 1. The summed E-state index contributed by atoms with van der Waals surface area (Å²) in [5.74, 6) is 1.30. The zero-order chi connectivity index (χ0) is 14.5. The highest BCUT2D eigenvalue weighted by Gasteiger charge is 2.30. The van der Waals surface area contributed by atoms with Gasteiger partial charge in [0.2, 0.25) is 0 Å². The van der Waals surface area contributed by atoms with Crippen molar-refractivity contribution < 1.29 is 4.79 Å². The molecule has 1 saturated carbocycles. The Morgan fingerprint density at radius 1 is 0.952 bits per heavy atom. The van der Waals surface area contributed by atoms with Gasteiger partial charge in [-0.25, -0.2) is 0 Å². The van der Waals surface area contributed by atoms with E-state index in [0.29, 0.717) is 5.78 Å². The summed E-state index contributed by atoms with van der Waals surface area (Å²) in [6.45, 7) is 2.24. The normalized spacial score (nSPS) is 25.7. The van der Waals surface area contributed by atoms with E-state index in [1.165, 1.54) is 37.7 Å². The number of rotatable bonds is 3. The van der Waals surface area contributed by atoms with Gasteiger partial charge in [0.15, 0.2) is 0 Å². The summed E-state index contributed by atoms with van der Waals surface area (Å²) < 4.78 is 0. The molecular formula is C19H27NO. The van der Waals surface area contributed by atoms with Crippen LogP contribution in [0, 0.1) is 5.92 Å². The Bertz CT molecular complexity index is 448. The molecule has 0 spiro atoms. The van der Waals surface area contributed by atoms with Crippen LogP contribution in [0.25, 0.3) is 0 Å². The maximum atomic E-state index is 12.2. The van der Waals surface area contributed by atoms with Gasteiger partial charge < -0.3 is 0 Å². The fourth-order valence-corrected chi connectivity index (χ4v) is 3.94. The van der Waals surface area contributed by atoms with Crippen LogP contribution in [0.3, 0.4) is 0 Å². The van der Waals surface area contributed by atoms with Gasteiger partial charge in [-0.1, -0.05) is 43.2 Å². The van der Waals surface area contributed by atoms with Crippen LogP contribution in [-0.2, 0) is 11.2 Å². The molecule has 2 fully saturated rings. The summed E-state index contributed by atoms with van der Waals surface area (Å²) in [5.41, 5.74) is 1.46. The molecule has 21 heavy (non-hydrogen) atoms. The summed E-state index contributed by atoms with van der Waals surface area (Å²) in [5, 5.41) is 0. The third-order valence-corrected chi connectivity index (χ3v) is 5.23. The third kappa shape index (κ3) is 3.94. The first kappa shape index (κ1) is 14.8. The zero-order valence-corrected chi connectivity index (χ0v) is 13.0. The summed E-state index contributed by atoms with van der Waals surface area (Å²) in [6.07, 6.45) is 9.20. The van der Waals surface area contributed by atoms with Gasteiger partial charge in [0.1, 0.15) is 5.78 Å². The summed E-state index contributed by atoms with van der Waals surface area (Å²) >= 11 is 0. The van der Waals surface area contributed by atoms with E-state index >= 15 is 0 Å². The number of ketones is 1. The fourth-order valence-electron chi connectivity index (χ4n) is 3.94. The van der Waals surface area contributed by atoms with E-state index in [4.69, 9.17) is 0 Å². The Labute approximate surface area is 128 Å². The van der Waals surface area contributed by atoms with Crippen molar-refractivity contribution in [2.45, 2.75) is 57.4 Å². The maximum absolute atomic E-state index is 12.2. The standard InChI is InChI=1S/C19H27NO/c21-19-10-6-2-5-9-18(19)20-13-11-17(12-14-20)15-16-7-3-1-4-8-16/h1,3-4,7-8,17-18H,2,5-6,9-15H2. The lowest BCUT2D eigenvalue weighted by atomic mass is 9.89. The molecule has 114 valence electrons. The third-order valence-electron chi connectivity index (χ3n) is 5.23. The molecule has 1 aromatic carbocycles. The maximum Gasteiger partial charge on any atom is 0.149 e. The molecule has 1 atom stereocenters. The van der Waals surface area contributed by atoms with E-state index < -0.39 is 0 Å². The van der Waals surface area contributed by atoms with Crippen molar-refractivity contribution in [3.8, 4) is 0 Å². The van der Waals surface area contributed by atoms with Gasteiger partial charge in [-0.05, 0) is 56.7 Å². The molecule has 0 radical (unpaired) electrons. The monoisotopic (exact) mass is 285 g/mol. The molecule has 2 aliphatic rings. The second-order valence-electron chi connectivity index (χ2n) is 6.75. The Morgan fingerprint density at radius 3 is 2.48 bits per heavy atom. The van der Waals surface area contributed by atoms with Crippen molar-refractivity contribution in [2.24, 2.45) is 5.92 Å². The number of nitrogens with zero attached hydrogens (tertiary/aromatic N) is 1. The Hall–Kier alpha value is -1.15. The number of hydrogen-bond donors (Lipinski definition) is 0. The smallest absolute Gasteiger partial charge is 0.149 e. The van der Waals surface area contributed by atoms with Gasteiger partial charge >= 0.3 is 0 Å². The van der Waals surface area contributed by atoms with Crippen LogP contribution in [0.15, 0.2) is 30.3 Å². The van der Waals surface area contributed by atoms with E-state index in [2.05, 4.69) is 35.2 Å². The topological polar surface area (TPSA) is 20.3 Å². The van der Waals surface area contributed by atoms with E-state index in [0.717, 1.165) is 38.3 Å². The second-order valence-corrected chi connectivity index (χ2v) is 6.75. The summed E-state index contributed by atoms with van der Waals surface area (Å²) in [4.78, 5) is 14.7. The molecule has 1 saturated heterocycles. The van der Waals surface area contributed by atoms with Gasteiger partial charge in [-0.15, -0.1) is 0 Å². The lowest BCUT2D eigenvalue weighted by molar-refractivity contribution is -0.124. The van der Waals surface area contributed by atoms with Crippen molar-refractivity contribution >= 4 is 5.78 Å². The van der Waals surface area contributed by atoms with Crippen molar-refractivity contribution in [1.82, 2.24) is 4.90 Å². The molecule has 1 aromatic rings. The van der Waals surface area contributed by atoms with Crippen molar-refractivity contribution in [2.75, 3.05) is 13.1 Å². The molecule has 0 bridgehead atoms. The number of Topliss-reactive ketones (excluding diaryl/α,β-unsaturated/α-hetero) is 1. The molecule has 0 aromatic heterocycles. The molecular weight excluding hydrogens is 258 g/mol. The molecule has 1 aliphatic heterocycles. The number of hydrogen-bond acceptors (Lipinski definition) is 2. The SMILES string of the molecule is O=C1CCCCCC1N1CCC(Cc2ccccc2)CC1. The molecule has 0 N–H and O–H groups in total. The minimum Gasteiger partial charge on any atom is -0.298 e. The highest BCUT2D eigenvalue weighted by atomic mass is 16.1. The van der Waals surface area contributed by atoms with Crippen molar-refractivity contribution in [3.63, 3.8) is 0 Å². The Balaban J connectivity index is 1.51. The lowest BCUT2D eigenvalue weighted by Crippen LogP contribution is -2.45. The fraction of sp³-hybridized carbons (Fsp3) is 0.632. The van der Waals surface area contributed by atoms with Crippen LogP contribution in [0.2, 0.25) is 0 Å². The average Bonchev–Trinajstić information content (AvgIpc) is 2.74. The van der Waals surface area contributed by atoms with E-state index in [1.54, 1.807) is 0 Å². The first-order valence-electron chi connectivity index (χ1n) is 8.63. The van der Waals surface area contributed by atoms with Gasteiger partial charge in [0, 0.05) is 6.42 Å². The predicted octanol–water partition coefficient (Wildman–Crippen LogP) is 3.84. The summed E-state index contributed by atoms with van der Waals surface area (Å²) in [7, 11) is 0. The van der Waals surface area contributed by atoms with Gasteiger partial charge in [0.25, 0.3) is 0 Å². The van der Waals surface area contributed by atoms with E-state index in [1.807, 2.05) is 0 Å².